The van der Waals surface area contributed by atoms with Gasteiger partial charge in [-0.1, -0.05) is 61.0 Å². The summed E-state index contributed by atoms with van der Waals surface area (Å²) in [5, 5.41) is 3.31. The first-order valence-corrected chi connectivity index (χ1v) is 15.0. The molecule has 3 rings (SSSR count). The summed E-state index contributed by atoms with van der Waals surface area (Å²) in [6, 6.07) is 20.7. The van der Waals surface area contributed by atoms with Crippen LogP contribution in [-0.4, -0.2) is 50.4 Å². The number of hydrogen-bond acceptors (Lipinski definition) is 5. The number of carbonyl (C=O) groups excluding carboxylic acids is 2. The van der Waals surface area contributed by atoms with Gasteiger partial charge < -0.3 is 15.0 Å². The molecule has 0 fully saturated rings. The van der Waals surface area contributed by atoms with Gasteiger partial charge in [-0.05, 0) is 69.2 Å². The van der Waals surface area contributed by atoms with Crippen molar-refractivity contribution in [3.8, 4) is 5.75 Å². The van der Waals surface area contributed by atoms with E-state index in [9.17, 15) is 18.0 Å². The number of rotatable bonds is 13. The molecule has 10 heteroatoms. The lowest BCUT2D eigenvalue weighted by atomic mass is 10.1. The van der Waals surface area contributed by atoms with Crippen molar-refractivity contribution in [1.29, 1.82) is 0 Å². The third kappa shape index (κ3) is 7.76. The van der Waals surface area contributed by atoms with Crippen LogP contribution in [0.2, 0.25) is 5.02 Å². The summed E-state index contributed by atoms with van der Waals surface area (Å²) in [5.74, 6) is -0.549. The molecule has 0 aliphatic rings. The van der Waals surface area contributed by atoms with Crippen LogP contribution in [0.25, 0.3) is 0 Å². The number of anilines is 1. The molecule has 40 heavy (non-hydrogen) atoms. The Hall–Kier alpha value is -3.56. The van der Waals surface area contributed by atoms with Crippen LogP contribution in [0.3, 0.4) is 0 Å². The van der Waals surface area contributed by atoms with Crippen LogP contribution in [0, 0.1) is 0 Å². The Morgan fingerprint density at radius 1 is 0.925 bits per heavy atom. The van der Waals surface area contributed by atoms with Crippen molar-refractivity contribution in [3.05, 3.63) is 89.4 Å². The Morgan fingerprint density at radius 3 is 2.17 bits per heavy atom. The van der Waals surface area contributed by atoms with E-state index in [2.05, 4.69) is 5.32 Å². The molecule has 0 aliphatic carbocycles. The lowest BCUT2D eigenvalue weighted by Gasteiger charge is -2.32. The van der Waals surface area contributed by atoms with Gasteiger partial charge in [-0.3, -0.25) is 13.9 Å². The first-order valence-electron chi connectivity index (χ1n) is 13.2. The maximum Gasteiger partial charge on any atom is 0.264 e. The van der Waals surface area contributed by atoms with Gasteiger partial charge in [0, 0.05) is 17.6 Å². The molecule has 0 aliphatic heterocycles. The number of sulfonamides is 1. The van der Waals surface area contributed by atoms with Gasteiger partial charge in [0.25, 0.3) is 10.0 Å². The summed E-state index contributed by atoms with van der Waals surface area (Å²) in [6.45, 7) is 7.15. The van der Waals surface area contributed by atoms with Gasteiger partial charge in [0.05, 0.1) is 17.2 Å². The van der Waals surface area contributed by atoms with Crippen molar-refractivity contribution in [1.82, 2.24) is 10.2 Å². The van der Waals surface area contributed by atoms with E-state index in [1.54, 1.807) is 38.1 Å². The van der Waals surface area contributed by atoms with Gasteiger partial charge in [-0.15, -0.1) is 0 Å². The second-order valence-corrected chi connectivity index (χ2v) is 11.7. The fourth-order valence-corrected chi connectivity index (χ4v) is 5.57. The Balaban J connectivity index is 2.06. The Labute approximate surface area is 241 Å². The molecule has 3 aromatic carbocycles. The van der Waals surface area contributed by atoms with Crippen LogP contribution in [-0.2, 0) is 26.2 Å². The largest absolute Gasteiger partial charge is 0.492 e. The summed E-state index contributed by atoms with van der Waals surface area (Å²) in [4.78, 5) is 28.5. The van der Waals surface area contributed by atoms with Crippen molar-refractivity contribution in [2.75, 3.05) is 17.5 Å². The van der Waals surface area contributed by atoms with E-state index in [0.29, 0.717) is 17.4 Å². The zero-order valence-corrected chi connectivity index (χ0v) is 24.8. The number of nitrogens with one attached hydrogen (secondary N) is 1. The minimum Gasteiger partial charge on any atom is -0.492 e. The molecule has 8 nitrogen and oxygen atoms in total. The summed E-state index contributed by atoms with van der Waals surface area (Å²) in [6.07, 6.45) is 0.729. The van der Waals surface area contributed by atoms with Crippen molar-refractivity contribution in [3.63, 3.8) is 0 Å². The quantitative estimate of drug-likeness (QED) is 0.295. The second kappa shape index (κ2) is 14.2. The smallest absolute Gasteiger partial charge is 0.264 e. The lowest BCUT2D eigenvalue weighted by Crippen LogP contribution is -2.52. The molecule has 0 spiro atoms. The predicted octanol–water partition coefficient (Wildman–Crippen LogP) is 5.27. The number of halogens is 1. The van der Waals surface area contributed by atoms with E-state index >= 15 is 0 Å². The molecule has 2 amide bonds. The maximum atomic E-state index is 14.0. The summed E-state index contributed by atoms with van der Waals surface area (Å²) in [5.41, 5.74) is 1.02. The molecular formula is C30H36ClN3O5S. The summed E-state index contributed by atoms with van der Waals surface area (Å²) in [7, 11) is -4.24. The van der Waals surface area contributed by atoms with Gasteiger partial charge in [-0.25, -0.2) is 8.42 Å². The van der Waals surface area contributed by atoms with E-state index < -0.39 is 28.5 Å². The van der Waals surface area contributed by atoms with Crippen molar-refractivity contribution < 1.29 is 22.7 Å². The minimum absolute atomic E-state index is 0.0341. The molecule has 0 saturated carbocycles. The number of ether oxygens (including phenoxy) is 1. The molecule has 0 unspecified atom stereocenters. The highest BCUT2D eigenvalue weighted by Gasteiger charge is 2.34. The van der Waals surface area contributed by atoms with Gasteiger partial charge in [0.15, 0.2) is 0 Å². The number of amides is 2. The Morgan fingerprint density at radius 2 is 1.55 bits per heavy atom. The third-order valence-electron chi connectivity index (χ3n) is 6.48. The van der Waals surface area contributed by atoms with E-state index in [0.717, 1.165) is 16.3 Å². The van der Waals surface area contributed by atoms with Crippen LogP contribution in [0.4, 0.5) is 5.69 Å². The normalized spacial score (nSPS) is 12.7. The molecule has 0 heterocycles. The van der Waals surface area contributed by atoms with E-state index in [1.165, 1.54) is 29.2 Å². The lowest BCUT2D eigenvalue weighted by molar-refractivity contribution is -0.139. The number of carbonyl (C=O) groups is 2. The predicted molar refractivity (Wildman–Crippen MR) is 158 cm³/mol. The van der Waals surface area contributed by atoms with Gasteiger partial charge >= 0.3 is 0 Å². The highest BCUT2D eigenvalue weighted by atomic mass is 35.5. The standard InChI is InChI=1S/C30H36ClN3O5S/c1-5-22(3)32-30(36)23(4)33(20-24-12-8-7-9-13-24)29(35)21-34(27-14-10-11-15-28(27)39-6-2)40(37,38)26-18-16-25(31)17-19-26/h7-19,22-23H,5-6,20-21H2,1-4H3,(H,32,36)/t22-,23-/m0/s1. The average Bonchev–Trinajstić information content (AvgIpc) is 2.95. The van der Waals surface area contributed by atoms with Crippen LogP contribution < -0.4 is 14.4 Å². The van der Waals surface area contributed by atoms with Crippen LogP contribution in [0.1, 0.15) is 39.7 Å². The zero-order valence-electron chi connectivity index (χ0n) is 23.2. The zero-order chi connectivity index (χ0) is 29.3. The first kappa shape index (κ1) is 31.0. The SMILES string of the molecule is CCOc1ccccc1N(CC(=O)N(Cc1ccccc1)[C@@H](C)C(=O)N[C@@H](C)CC)S(=O)(=O)c1ccc(Cl)cc1. The van der Waals surface area contributed by atoms with Crippen LogP contribution in [0.5, 0.6) is 5.75 Å². The van der Waals surface area contributed by atoms with E-state index in [-0.39, 0.29) is 29.1 Å². The van der Waals surface area contributed by atoms with E-state index in [1.807, 2.05) is 44.2 Å². The van der Waals surface area contributed by atoms with Gasteiger partial charge in [0.1, 0.15) is 18.3 Å². The monoisotopic (exact) mass is 585 g/mol. The summed E-state index contributed by atoms with van der Waals surface area (Å²) < 4.78 is 34.7. The van der Waals surface area contributed by atoms with Crippen molar-refractivity contribution >= 4 is 39.1 Å². The van der Waals surface area contributed by atoms with Crippen LogP contribution >= 0.6 is 11.6 Å². The average molecular weight is 586 g/mol. The minimum atomic E-state index is -4.24. The molecule has 3 aromatic rings. The number of para-hydroxylation sites is 2. The second-order valence-electron chi connectivity index (χ2n) is 9.37. The van der Waals surface area contributed by atoms with Gasteiger partial charge in [0.2, 0.25) is 11.8 Å². The number of benzene rings is 3. The topological polar surface area (TPSA) is 96.0 Å². The molecule has 214 valence electrons. The maximum absolute atomic E-state index is 14.0. The van der Waals surface area contributed by atoms with E-state index in [4.69, 9.17) is 16.3 Å². The third-order valence-corrected chi connectivity index (χ3v) is 8.50. The van der Waals surface area contributed by atoms with Gasteiger partial charge in [-0.2, -0.15) is 0 Å². The molecule has 2 atom stereocenters. The van der Waals surface area contributed by atoms with Crippen molar-refractivity contribution in [2.45, 2.75) is 57.6 Å². The molecule has 1 N–H and O–H groups in total. The highest BCUT2D eigenvalue weighted by molar-refractivity contribution is 7.92. The first-order chi connectivity index (χ1) is 19.1. The Kier molecular flexibility index (Phi) is 11.0. The molecule has 0 radical (unpaired) electrons. The molecule has 0 bridgehead atoms. The fourth-order valence-electron chi connectivity index (χ4n) is 4.02. The van der Waals surface area contributed by atoms with Crippen LogP contribution in [0.15, 0.2) is 83.8 Å². The molecular weight excluding hydrogens is 550 g/mol. The fraction of sp³-hybridized carbons (Fsp3) is 0.333. The number of hydrogen-bond donors (Lipinski definition) is 1. The highest BCUT2D eigenvalue weighted by Crippen LogP contribution is 2.33. The number of nitrogens with zero attached hydrogens (tertiary/aromatic N) is 2. The van der Waals surface area contributed by atoms with Crippen molar-refractivity contribution in [2.24, 2.45) is 0 Å². The summed E-state index contributed by atoms with van der Waals surface area (Å²) >= 11 is 6.01. The Bertz CT molecular complexity index is 1380. The molecule has 0 aromatic heterocycles. The molecule has 0 saturated heterocycles.